The van der Waals surface area contributed by atoms with E-state index in [1.54, 1.807) is 0 Å². The normalized spacial score (nSPS) is 10.7. The Morgan fingerprint density at radius 2 is 2.10 bits per heavy atom. The first-order valence-corrected chi connectivity index (χ1v) is 6.89. The number of halogens is 4. The highest BCUT2D eigenvalue weighted by Gasteiger charge is 2.17. The molecule has 0 radical (unpaired) electrons. The van der Waals surface area contributed by atoms with Gasteiger partial charge in [0.25, 0.3) is 11.7 Å². The fraction of sp³-hybridized carbons (Fsp3) is 0.0769. The van der Waals surface area contributed by atoms with Crippen LogP contribution in [-0.4, -0.2) is 16.6 Å². The summed E-state index contributed by atoms with van der Waals surface area (Å²) in [6.45, 7) is 0. The van der Waals surface area contributed by atoms with Crippen molar-refractivity contribution in [3.8, 4) is 0 Å². The quantitative estimate of drug-likeness (QED) is 0.842. The Labute approximate surface area is 127 Å². The van der Waals surface area contributed by atoms with Crippen LogP contribution in [0.1, 0.15) is 10.4 Å². The molecular weight excluding hydrogens is 325 g/mol. The molecule has 0 aliphatic heterocycles. The minimum atomic E-state index is -2.71. The average molecular weight is 333 g/mol. The lowest BCUT2D eigenvalue weighted by Gasteiger charge is -2.09. The maximum atomic E-state index is 13.6. The number of thioether (sulfide) groups is 1. The Bertz CT molecular complexity index is 670. The molecule has 1 N–H and O–H groups in total. The Morgan fingerprint density at radius 3 is 2.76 bits per heavy atom. The molecular formula is C13H8ClF3N2OS. The second-order valence-corrected chi connectivity index (χ2v) is 5.23. The van der Waals surface area contributed by atoms with Crippen molar-refractivity contribution in [3.63, 3.8) is 0 Å². The summed E-state index contributed by atoms with van der Waals surface area (Å²) in [5.74, 6) is -4.16. The van der Waals surface area contributed by atoms with Crippen LogP contribution in [0.2, 0.25) is 5.02 Å². The zero-order valence-electron chi connectivity index (χ0n) is 10.3. The molecule has 0 unspecified atom stereocenters. The van der Waals surface area contributed by atoms with Crippen molar-refractivity contribution in [3.05, 3.63) is 52.9 Å². The van der Waals surface area contributed by atoms with Crippen LogP contribution in [0, 0.1) is 5.82 Å². The lowest BCUT2D eigenvalue weighted by Crippen LogP contribution is -2.14. The Balaban J connectivity index is 2.24. The van der Waals surface area contributed by atoms with Gasteiger partial charge in [-0.05, 0) is 42.1 Å². The minimum absolute atomic E-state index is 0.0582. The SMILES string of the molecule is O=C(Nc1ccc(Cl)cc1F)c1cccnc1SC(F)F. The van der Waals surface area contributed by atoms with Crippen molar-refractivity contribution in [2.24, 2.45) is 0 Å². The van der Waals surface area contributed by atoms with Gasteiger partial charge in [-0.3, -0.25) is 4.79 Å². The van der Waals surface area contributed by atoms with E-state index >= 15 is 0 Å². The molecule has 3 nitrogen and oxygen atoms in total. The van der Waals surface area contributed by atoms with Crippen molar-refractivity contribution >= 4 is 35.0 Å². The third kappa shape index (κ3) is 4.12. The van der Waals surface area contributed by atoms with Gasteiger partial charge in [-0.1, -0.05) is 11.6 Å². The molecule has 1 aromatic heterocycles. The van der Waals surface area contributed by atoms with Gasteiger partial charge in [-0.2, -0.15) is 8.78 Å². The number of hydrogen-bond donors (Lipinski definition) is 1. The molecule has 0 bridgehead atoms. The molecule has 1 aromatic carbocycles. The molecule has 0 saturated heterocycles. The number of carbonyl (C=O) groups is 1. The predicted molar refractivity (Wildman–Crippen MR) is 75.5 cm³/mol. The van der Waals surface area contributed by atoms with E-state index in [0.29, 0.717) is 0 Å². The topological polar surface area (TPSA) is 42.0 Å². The van der Waals surface area contributed by atoms with Crippen LogP contribution in [-0.2, 0) is 0 Å². The Morgan fingerprint density at radius 1 is 1.33 bits per heavy atom. The number of nitrogens with one attached hydrogen (secondary N) is 1. The van der Waals surface area contributed by atoms with Crippen molar-refractivity contribution in [1.82, 2.24) is 4.98 Å². The first-order valence-electron chi connectivity index (χ1n) is 5.63. The standard InChI is InChI=1S/C13H8ClF3N2OS/c14-7-3-4-10(9(15)6-7)19-11(20)8-2-1-5-18-12(8)21-13(16)17/h1-6,13H,(H,19,20). The number of benzene rings is 1. The van der Waals surface area contributed by atoms with Crippen LogP contribution in [0.4, 0.5) is 18.9 Å². The van der Waals surface area contributed by atoms with E-state index in [9.17, 15) is 18.0 Å². The highest BCUT2D eigenvalue weighted by molar-refractivity contribution is 7.99. The maximum Gasteiger partial charge on any atom is 0.290 e. The van der Waals surface area contributed by atoms with E-state index in [4.69, 9.17) is 11.6 Å². The monoisotopic (exact) mass is 332 g/mol. The van der Waals surface area contributed by atoms with Crippen molar-refractivity contribution in [2.45, 2.75) is 10.8 Å². The highest BCUT2D eigenvalue weighted by Crippen LogP contribution is 2.27. The van der Waals surface area contributed by atoms with Crippen LogP contribution in [0.25, 0.3) is 0 Å². The number of anilines is 1. The number of nitrogens with zero attached hydrogens (tertiary/aromatic N) is 1. The fourth-order valence-corrected chi connectivity index (χ4v) is 2.26. The Hall–Kier alpha value is -1.73. The van der Waals surface area contributed by atoms with E-state index in [1.165, 1.54) is 30.5 Å². The van der Waals surface area contributed by atoms with Crippen LogP contribution < -0.4 is 5.32 Å². The zero-order valence-corrected chi connectivity index (χ0v) is 11.9. The molecule has 0 atom stereocenters. The van der Waals surface area contributed by atoms with E-state index in [2.05, 4.69) is 10.3 Å². The predicted octanol–water partition coefficient (Wildman–Crippen LogP) is 4.44. The number of amides is 1. The number of hydrogen-bond acceptors (Lipinski definition) is 3. The molecule has 8 heteroatoms. The molecule has 0 fully saturated rings. The molecule has 21 heavy (non-hydrogen) atoms. The molecule has 1 amide bonds. The van der Waals surface area contributed by atoms with Crippen LogP contribution in [0.15, 0.2) is 41.6 Å². The first-order chi connectivity index (χ1) is 9.97. The molecule has 110 valence electrons. The molecule has 2 rings (SSSR count). The van der Waals surface area contributed by atoms with Gasteiger partial charge >= 0.3 is 0 Å². The maximum absolute atomic E-state index is 13.6. The summed E-state index contributed by atoms with van der Waals surface area (Å²) in [4.78, 5) is 15.8. The van der Waals surface area contributed by atoms with Gasteiger partial charge in [-0.15, -0.1) is 0 Å². The van der Waals surface area contributed by atoms with Crippen LogP contribution in [0.3, 0.4) is 0 Å². The lowest BCUT2D eigenvalue weighted by atomic mass is 10.2. The highest BCUT2D eigenvalue weighted by atomic mass is 35.5. The van der Waals surface area contributed by atoms with Gasteiger partial charge in [-0.25, -0.2) is 9.37 Å². The van der Waals surface area contributed by atoms with E-state index < -0.39 is 17.5 Å². The van der Waals surface area contributed by atoms with Gasteiger partial charge in [0.15, 0.2) is 0 Å². The summed E-state index contributed by atoms with van der Waals surface area (Å²) < 4.78 is 38.4. The third-order valence-electron chi connectivity index (χ3n) is 2.40. The van der Waals surface area contributed by atoms with E-state index in [0.717, 1.165) is 6.07 Å². The van der Waals surface area contributed by atoms with Crippen molar-refractivity contribution < 1.29 is 18.0 Å². The fourth-order valence-electron chi connectivity index (χ4n) is 1.52. The van der Waals surface area contributed by atoms with Gasteiger partial charge in [0.2, 0.25) is 0 Å². The smallest absolute Gasteiger partial charge is 0.290 e. The van der Waals surface area contributed by atoms with Gasteiger partial charge in [0.1, 0.15) is 10.8 Å². The molecule has 0 saturated carbocycles. The number of carbonyl (C=O) groups excluding carboxylic acids is 1. The van der Waals surface area contributed by atoms with E-state index in [-0.39, 0.29) is 33.1 Å². The zero-order chi connectivity index (χ0) is 15.4. The summed E-state index contributed by atoms with van der Waals surface area (Å²) in [7, 11) is 0. The van der Waals surface area contributed by atoms with Crippen LogP contribution >= 0.6 is 23.4 Å². The minimum Gasteiger partial charge on any atom is -0.319 e. The number of aromatic nitrogens is 1. The summed E-state index contributed by atoms with van der Waals surface area (Å²) >= 11 is 5.75. The van der Waals surface area contributed by atoms with Gasteiger partial charge in [0.05, 0.1) is 11.3 Å². The summed E-state index contributed by atoms with van der Waals surface area (Å²) in [5, 5.41) is 2.35. The molecule has 0 aliphatic carbocycles. The molecule has 0 spiro atoms. The largest absolute Gasteiger partial charge is 0.319 e. The summed E-state index contributed by atoms with van der Waals surface area (Å²) in [6, 6.07) is 6.49. The first kappa shape index (κ1) is 15.7. The number of pyridine rings is 1. The number of rotatable bonds is 4. The van der Waals surface area contributed by atoms with Crippen molar-refractivity contribution in [2.75, 3.05) is 5.32 Å². The molecule has 2 aromatic rings. The Kier molecular flexibility index (Phi) is 5.08. The number of alkyl halides is 2. The molecule has 0 aliphatic rings. The summed E-state index contributed by atoms with van der Waals surface area (Å²) in [5.41, 5.74) is -0.154. The average Bonchev–Trinajstić information content (AvgIpc) is 2.42. The van der Waals surface area contributed by atoms with Gasteiger partial charge < -0.3 is 5.32 Å². The second kappa shape index (κ2) is 6.82. The van der Waals surface area contributed by atoms with E-state index in [1.807, 2.05) is 0 Å². The van der Waals surface area contributed by atoms with Gasteiger partial charge in [0, 0.05) is 11.2 Å². The molecule has 1 heterocycles. The second-order valence-electron chi connectivity index (χ2n) is 3.81. The van der Waals surface area contributed by atoms with Crippen molar-refractivity contribution in [1.29, 1.82) is 0 Å². The lowest BCUT2D eigenvalue weighted by molar-refractivity contribution is 0.102. The van der Waals surface area contributed by atoms with Crippen LogP contribution in [0.5, 0.6) is 0 Å². The third-order valence-corrected chi connectivity index (χ3v) is 3.36. The summed E-state index contributed by atoms with van der Waals surface area (Å²) in [6.07, 6.45) is 1.30.